The van der Waals surface area contributed by atoms with Gasteiger partial charge < -0.3 is 5.43 Å². The Bertz CT molecular complexity index is 482. The highest BCUT2D eigenvalue weighted by molar-refractivity contribution is 9.10. The average molecular weight is 252 g/mol. The lowest BCUT2D eigenvalue weighted by atomic mass is 10.1. The van der Waals surface area contributed by atoms with Gasteiger partial charge in [0.1, 0.15) is 5.82 Å². The number of nitrogens with zero attached hydrogens (tertiary/aromatic N) is 1. The highest BCUT2D eigenvalue weighted by Crippen LogP contribution is 2.22. The third-order valence-electron chi connectivity index (χ3n) is 2.11. The van der Waals surface area contributed by atoms with E-state index in [1.54, 1.807) is 0 Å². The van der Waals surface area contributed by atoms with Crippen LogP contribution in [0.2, 0.25) is 0 Å². The van der Waals surface area contributed by atoms with Crippen LogP contribution in [-0.2, 0) is 0 Å². The van der Waals surface area contributed by atoms with Gasteiger partial charge in [0.25, 0.3) is 0 Å². The molecule has 72 valence electrons. The molecule has 1 aromatic heterocycles. The Morgan fingerprint density at radius 2 is 2.14 bits per heavy atom. The van der Waals surface area contributed by atoms with Gasteiger partial charge in [-0.15, -0.1) is 0 Å². The molecule has 0 bridgehead atoms. The maximum Gasteiger partial charge on any atom is 0.143 e. The van der Waals surface area contributed by atoms with Crippen molar-refractivity contribution in [2.75, 3.05) is 5.43 Å². The van der Waals surface area contributed by atoms with Gasteiger partial charge >= 0.3 is 0 Å². The van der Waals surface area contributed by atoms with E-state index in [4.69, 9.17) is 5.84 Å². The Labute approximate surface area is 90.4 Å². The van der Waals surface area contributed by atoms with Crippen molar-refractivity contribution < 1.29 is 0 Å². The molecule has 2 aromatic rings. The number of nitrogen functional groups attached to an aromatic ring is 1. The van der Waals surface area contributed by atoms with Gasteiger partial charge in [-0.1, -0.05) is 22.0 Å². The maximum absolute atomic E-state index is 5.36. The number of nitrogens with one attached hydrogen (secondary N) is 1. The molecule has 1 aromatic carbocycles. The van der Waals surface area contributed by atoms with Crippen LogP contribution in [-0.4, -0.2) is 4.98 Å². The van der Waals surface area contributed by atoms with Gasteiger partial charge in [0.2, 0.25) is 0 Å². The molecule has 0 aliphatic heterocycles. The van der Waals surface area contributed by atoms with Gasteiger partial charge in [-0.05, 0) is 30.7 Å². The summed E-state index contributed by atoms with van der Waals surface area (Å²) in [6, 6.07) is 8.05. The van der Waals surface area contributed by atoms with Gasteiger partial charge in [-0.2, -0.15) is 0 Å². The number of aryl methyl sites for hydroxylation is 1. The second-order valence-corrected chi connectivity index (χ2v) is 4.05. The molecule has 0 unspecified atom stereocenters. The van der Waals surface area contributed by atoms with Gasteiger partial charge in [-0.3, -0.25) is 0 Å². The standard InChI is InChI=1S/C10H10BrN3/c1-6-4-7-2-3-8(11)5-9(7)13-10(6)14-12/h2-5H,12H2,1H3,(H,13,14). The van der Waals surface area contributed by atoms with Crippen LogP contribution in [0.1, 0.15) is 5.56 Å². The van der Waals surface area contributed by atoms with Crippen LogP contribution in [0.15, 0.2) is 28.7 Å². The van der Waals surface area contributed by atoms with E-state index in [0.717, 1.165) is 26.8 Å². The van der Waals surface area contributed by atoms with Crippen LogP contribution in [0.5, 0.6) is 0 Å². The van der Waals surface area contributed by atoms with Gasteiger partial charge in [0, 0.05) is 9.86 Å². The van der Waals surface area contributed by atoms with Crippen molar-refractivity contribution in [1.82, 2.24) is 4.98 Å². The Balaban J connectivity index is 2.73. The van der Waals surface area contributed by atoms with Crippen LogP contribution in [0.25, 0.3) is 10.9 Å². The minimum Gasteiger partial charge on any atom is -0.308 e. The van der Waals surface area contributed by atoms with E-state index in [9.17, 15) is 0 Å². The molecule has 0 amide bonds. The van der Waals surface area contributed by atoms with E-state index in [1.807, 2.05) is 25.1 Å². The van der Waals surface area contributed by atoms with Gasteiger partial charge in [-0.25, -0.2) is 10.8 Å². The van der Waals surface area contributed by atoms with Crippen LogP contribution in [0.4, 0.5) is 5.82 Å². The molecule has 0 saturated carbocycles. The molecule has 4 heteroatoms. The summed E-state index contributed by atoms with van der Waals surface area (Å²) >= 11 is 3.41. The normalized spacial score (nSPS) is 10.5. The first kappa shape index (κ1) is 9.43. The van der Waals surface area contributed by atoms with Crippen LogP contribution in [0.3, 0.4) is 0 Å². The zero-order valence-corrected chi connectivity index (χ0v) is 9.30. The molecule has 0 spiro atoms. The van der Waals surface area contributed by atoms with Crippen molar-refractivity contribution in [3.8, 4) is 0 Å². The smallest absolute Gasteiger partial charge is 0.143 e. The third-order valence-corrected chi connectivity index (χ3v) is 2.60. The highest BCUT2D eigenvalue weighted by atomic mass is 79.9. The summed E-state index contributed by atoms with van der Waals surface area (Å²) in [5, 5.41) is 1.12. The number of halogens is 1. The second-order valence-electron chi connectivity index (χ2n) is 3.14. The molecule has 1 heterocycles. The van der Waals surface area contributed by atoms with Crippen molar-refractivity contribution in [3.05, 3.63) is 34.3 Å². The molecule has 0 aliphatic rings. The minimum absolute atomic E-state index is 0.718. The largest absolute Gasteiger partial charge is 0.308 e. The number of aromatic nitrogens is 1. The minimum atomic E-state index is 0.718. The number of hydrogen-bond acceptors (Lipinski definition) is 3. The molecule has 14 heavy (non-hydrogen) atoms. The SMILES string of the molecule is Cc1cc2ccc(Br)cc2nc1NN. The third kappa shape index (κ3) is 1.58. The summed E-state index contributed by atoms with van der Waals surface area (Å²) in [5.74, 6) is 6.07. The first-order valence-electron chi connectivity index (χ1n) is 4.24. The molecular formula is C10H10BrN3. The summed E-state index contributed by atoms with van der Waals surface area (Å²) < 4.78 is 1.02. The van der Waals surface area contributed by atoms with Crippen molar-refractivity contribution in [1.29, 1.82) is 0 Å². The fourth-order valence-electron chi connectivity index (χ4n) is 1.39. The number of pyridine rings is 1. The predicted molar refractivity (Wildman–Crippen MR) is 62.0 cm³/mol. The molecular weight excluding hydrogens is 242 g/mol. The average Bonchev–Trinajstić information content (AvgIpc) is 2.17. The quantitative estimate of drug-likeness (QED) is 0.605. The second kappa shape index (κ2) is 3.55. The summed E-state index contributed by atoms with van der Waals surface area (Å²) in [6.45, 7) is 1.98. The van der Waals surface area contributed by atoms with Crippen LogP contribution < -0.4 is 11.3 Å². The monoisotopic (exact) mass is 251 g/mol. The molecule has 3 N–H and O–H groups in total. The van der Waals surface area contributed by atoms with Gasteiger partial charge in [0.15, 0.2) is 0 Å². The summed E-state index contributed by atoms with van der Waals surface area (Å²) in [5.41, 5.74) is 4.55. The molecule has 0 saturated heterocycles. The molecule has 0 radical (unpaired) electrons. The van der Waals surface area contributed by atoms with E-state index >= 15 is 0 Å². The molecule has 0 fully saturated rings. The molecule has 2 rings (SSSR count). The zero-order valence-electron chi connectivity index (χ0n) is 7.71. The molecule has 0 atom stereocenters. The van der Waals surface area contributed by atoms with E-state index < -0.39 is 0 Å². The first-order chi connectivity index (χ1) is 6.70. The Hall–Kier alpha value is -1.13. The zero-order chi connectivity index (χ0) is 10.1. The first-order valence-corrected chi connectivity index (χ1v) is 5.03. The summed E-state index contributed by atoms with van der Waals surface area (Å²) in [6.07, 6.45) is 0. The number of benzene rings is 1. The molecule has 3 nitrogen and oxygen atoms in total. The van der Waals surface area contributed by atoms with Gasteiger partial charge in [0.05, 0.1) is 5.52 Å². The van der Waals surface area contributed by atoms with Crippen LogP contribution >= 0.6 is 15.9 Å². The molecule has 0 aliphatic carbocycles. The van der Waals surface area contributed by atoms with Crippen LogP contribution in [0, 0.1) is 6.92 Å². The number of anilines is 1. The van der Waals surface area contributed by atoms with Crippen molar-refractivity contribution in [2.45, 2.75) is 6.92 Å². The Morgan fingerprint density at radius 1 is 1.36 bits per heavy atom. The number of fused-ring (bicyclic) bond motifs is 1. The maximum atomic E-state index is 5.36. The fourth-order valence-corrected chi connectivity index (χ4v) is 1.74. The Kier molecular flexibility index (Phi) is 2.39. The summed E-state index contributed by atoms with van der Waals surface area (Å²) in [4.78, 5) is 4.39. The predicted octanol–water partition coefficient (Wildman–Crippen LogP) is 2.59. The number of nitrogens with two attached hydrogens (primary N) is 1. The number of hydrazine groups is 1. The van der Waals surface area contributed by atoms with E-state index in [0.29, 0.717) is 0 Å². The fraction of sp³-hybridized carbons (Fsp3) is 0.100. The van der Waals surface area contributed by atoms with E-state index in [-0.39, 0.29) is 0 Å². The van der Waals surface area contributed by atoms with Crippen molar-refractivity contribution >= 4 is 32.7 Å². The van der Waals surface area contributed by atoms with E-state index in [2.05, 4.69) is 32.4 Å². The summed E-state index contributed by atoms with van der Waals surface area (Å²) in [7, 11) is 0. The topological polar surface area (TPSA) is 50.9 Å². The lowest BCUT2D eigenvalue weighted by Crippen LogP contribution is -2.09. The lowest BCUT2D eigenvalue weighted by Gasteiger charge is -2.06. The number of hydrogen-bond donors (Lipinski definition) is 2. The Morgan fingerprint density at radius 3 is 2.86 bits per heavy atom. The highest BCUT2D eigenvalue weighted by Gasteiger charge is 2.01. The van der Waals surface area contributed by atoms with Crippen molar-refractivity contribution in [2.24, 2.45) is 5.84 Å². The lowest BCUT2D eigenvalue weighted by molar-refractivity contribution is 1.23. The van der Waals surface area contributed by atoms with Crippen molar-refractivity contribution in [3.63, 3.8) is 0 Å². The number of rotatable bonds is 1. The van der Waals surface area contributed by atoms with E-state index in [1.165, 1.54) is 0 Å².